The summed E-state index contributed by atoms with van der Waals surface area (Å²) >= 11 is 11.9. The summed E-state index contributed by atoms with van der Waals surface area (Å²) in [7, 11) is 1.39. The monoisotopic (exact) mass is 333 g/mol. The molecule has 1 aromatic carbocycles. The molecule has 1 heterocycles. The van der Waals surface area contributed by atoms with Gasteiger partial charge in [0.25, 0.3) is 5.91 Å². The van der Waals surface area contributed by atoms with Gasteiger partial charge in [-0.25, -0.2) is 4.79 Å². The maximum Gasteiger partial charge on any atom is 0.326 e. The summed E-state index contributed by atoms with van der Waals surface area (Å²) in [6.45, 7) is -0.0446. The van der Waals surface area contributed by atoms with Gasteiger partial charge in [-0.05, 0) is 12.1 Å². The number of nitrogens with zero attached hydrogens (tertiary/aromatic N) is 1. The van der Waals surface area contributed by atoms with Crippen LogP contribution in [0.4, 0.5) is 0 Å². The number of likely N-dealkylation sites (tertiary alicyclic amines) is 1. The molecule has 2 N–H and O–H groups in total. The zero-order valence-electron chi connectivity index (χ0n) is 11.0. The minimum atomic E-state index is -1.16. The first-order valence-electron chi connectivity index (χ1n) is 6.10. The maximum absolute atomic E-state index is 12.4. The van der Waals surface area contributed by atoms with E-state index in [1.807, 2.05) is 0 Å². The molecule has 8 heteroatoms. The highest BCUT2D eigenvalue weighted by Crippen LogP contribution is 2.34. The van der Waals surface area contributed by atoms with Gasteiger partial charge in [0.15, 0.2) is 5.75 Å². The van der Waals surface area contributed by atoms with E-state index in [1.54, 1.807) is 0 Å². The standard InChI is InChI=1S/C13H13Cl2NO5/c1-21-11-8(14)2-6(3-9(11)15)12(18)16-5-7(17)4-10(16)13(19)20/h2-3,7,10,17H,4-5H2,1H3,(H,19,20). The number of carboxylic acids is 1. The van der Waals surface area contributed by atoms with Gasteiger partial charge in [-0.3, -0.25) is 4.79 Å². The molecule has 1 aliphatic heterocycles. The van der Waals surface area contributed by atoms with Crippen molar-refractivity contribution in [2.75, 3.05) is 13.7 Å². The number of hydrogen-bond acceptors (Lipinski definition) is 4. The average Bonchev–Trinajstić information content (AvgIpc) is 2.79. The second-order valence-electron chi connectivity index (χ2n) is 4.67. The molecule has 2 rings (SSSR count). The molecule has 1 fully saturated rings. The molecule has 2 unspecified atom stereocenters. The fourth-order valence-corrected chi connectivity index (χ4v) is 2.96. The van der Waals surface area contributed by atoms with Crippen molar-refractivity contribution >= 4 is 35.1 Å². The topological polar surface area (TPSA) is 87.1 Å². The number of carbonyl (C=O) groups excluding carboxylic acids is 1. The van der Waals surface area contributed by atoms with Crippen LogP contribution in [-0.4, -0.2) is 52.8 Å². The smallest absolute Gasteiger partial charge is 0.326 e. The third-order valence-corrected chi connectivity index (χ3v) is 3.84. The number of carbonyl (C=O) groups is 2. The third-order valence-electron chi connectivity index (χ3n) is 3.27. The Morgan fingerprint density at radius 3 is 2.38 bits per heavy atom. The molecule has 0 aliphatic carbocycles. The first kappa shape index (κ1) is 15.9. The van der Waals surface area contributed by atoms with Crippen LogP contribution in [0.5, 0.6) is 5.75 Å². The molecule has 0 aromatic heterocycles. The van der Waals surface area contributed by atoms with E-state index in [-0.39, 0.29) is 34.3 Å². The Bertz CT molecular complexity index is 569. The Labute approximate surface area is 130 Å². The average molecular weight is 334 g/mol. The molecule has 0 saturated carbocycles. The fourth-order valence-electron chi connectivity index (χ4n) is 2.32. The summed E-state index contributed by atoms with van der Waals surface area (Å²) in [5.74, 6) is -1.47. The maximum atomic E-state index is 12.4. The second kappa shape index (κ2) is 6.09. The van der Waals surface area contributed by atoms with Crippen LogP contribution in [0.1, 0.15) is 16.8 Å². The summed E-state index contributed by atoms with van der Waals surface area (Å²) in [5.41, 5.74) is 0.145. The predicted octanol–water partition coefficient (Wildman–Crippen LogP) is 1.66. The number of amides is 1. The van der Waals surface area contributed by atoms with Crippen LogP contribution in [0.2, 0.25) is 10.0 Å². The minimum absolute atomic E-state index is 0.00130. The third kappa shape index (κ3) is 3.07. The fraction of sp³-hybridized carbons (Fsp3) is 0.385. The van der Waals surface area contributed by atoms with Crippen LogP contribution < -0.4 is 4.74 Å². The molecule has 0 spiro atoms. The molecule has 0 bridgehead atoms. The van der Waals surface area contributed by atoms with Gasteiger partial charge in [0, 0.05) is 18.5 Å². The van der Waals surface area contributed by atoms with E-state index in [9.17, 15) is 14.7 Å². The second-order valence-corrected chi connectivity index (χ2v) is 5.49. The highest BCUT2D eigenvalue weighted by Gasteiger charge is 2.39. The number of aliphatic hydroxyl groups excluding tert-OH is 1. The van der Waals surface area contributed by atoms with E-state index in [2.05, 4.69) is 0 Å². The lowest BCUT2D eigenvalue weighted by Gasteiger charge is -2.21. The molecule has 2 atom stereocenters. The first-order valence-corrected chi connectivity index (χ1v) is 6.85. The van der Waals surface area contributed by atoms with Crippen LogP contribution in [-0.2, 0) is 4.79 Å². The quantitative estimate of drug-likeness (QED) is 0.878. The number of halogens is 2. The first-order chi connectivity index (χ1) is 9.85. The number of methoxy groups -OCH3 is 1. The lowest BCUT2D eigenvalue weighted by Crippen LogP contribution is -2.40. The molecule has 0 radical (unpaired) electrons. The summed E-state index contributed by atoms with van der Waals surface area (Å²) in [6, 6.07) is 1.66. The zero-order valence-corrected chi connectivity index (χ0v) is 12.6. The Kier molecular flexibility index (Phi) is 4.61. The van der Waals surface area contributed by atoms with E-state index in [0.29, 0.717) is 0 Å². The van der Waals surface area contributed by atoms with Gasteiger partial charge >= 0.3 is 5.97 Å². The number of aliphatic hydroxyl groups is 1. The van der Waals surface area contributed by atoms with Crippen molar-refractivity contribution in [1.29, 1.82) is 0 Å². The SMILES string of the molecule is COc1c(Cl)cc(C(=O)N2CC(O)CC2C(=O)O)cc1Cl. The van der Waals surface area contributed by atoms with Crippen molar-refractivity contribution in [2.45, 2.75) is 18.6 Å². The highest BCUT2D eigenvalue weighted by molar-refractivity contribution is 6.37. The number of ether oxygens (including phenoxy) is 1. The number of aliphatic carboxylic acids is 1. The highest BCUT2D eigenvalue weighted by atomic mass is 35.5. The Morgan fingerprint density at radius 2 is 1.90 bits per heavy atom. The van der Waals surface area contributed by atoms with E-state index < -0.39 is 24.0 Å². The van der Waals surface area contributed by atoms with Gasteiger partial charge in [0.05, 0.1) is 23.3 Å². The van der Waals surface area contributed by atoms with Crippen molar-refractivity contribution in [1.82, 2.24) is 4.90 Å². The summed E-state index contributed by atoms with van der Waals surface area (Å²) < 4.78 is 4.99. The summed E-state index contributed by atoms with van der Waals surface area (Å²) in [5, 5.41) is 19.0. The van der Waals surface area contributed by atoms with Crippen LogP contribution in [0.3, 0.4) is 0 Å². The zero-order chi connectivity index (χ0) is 15.7. The van der Waals surface area contributed by atoms with Gasteiger partial charge < -0.3 is 19.8 Å². The van der Waals surface area contributed by atoms with Gasteiger partial charge in [-0.15, -0.1) is 0 Å². The normalized spacial score (nSPS) is 21.4. The van der Waals surface area contributed by atoms with Crippen molar-refractivity contribution in [3.63, 3.8) is 0 Å². The largest absolute Gasteiger partial charge is 0.494 e. The van der Waals surface area contributed by atoms with Gasteiger partial charge in [-0.1, -0.05) is 23.2 Å². The summed E-state index contributed by atoms with van der Waals surface area (Å²) in [6.07, 6.45) is -0.863. The molecular formula is C13H13Cl2NO5. The van der Waals surface area contributed by atoms with Gasteiger partial charge in [-0.2, -0.15) is 0 Å². The number of benzene rings is 1. The molecule has 1 amide bonds. The predicted molar refractivity (Wildman–Crippen MR) is 76.1 cm³/mol. The van der Waals surface area contributed by atoms with E-state index >= 15 is 0 Å². The molecule has 6 nitrogen and oxygen atoms in total. The van der Waals surface area contributed by atoms with Crippen LogP contribution in [0, 0.1) is 0 Å². The van der Waals surface area contributed by atoms with Crippen LogP contribution in [0.25, 0.3) is 0 Å². The van der Waals surface area contributed by atoms with Crippen LogP contribution >= 0.6 is 23.2 Å². The molecule has 21 heavy (non-hydrogen) atoms. The van der Waals surface area contributed by atoms with Crippen molar-refractivity contribution in [2.24, 2.45) is 0 Å². The van der Waals surface area contributed by atoms with E-state index in [1.165, 1.54) is 19.2 Å². The number of rotatable bonds is 3. The van der Waals surface area contributed by atoms with Crippen molar-refractivity contribution in [3.8, 4) is 5.75 Å². The lowest BCUT2D eigenvalue weighted by atomic mass is 10.1. The van der Waals surface area contributed by atoms with Gasteiger partial charge in [0.2, 0.25) is 0 Å². The molecule has 1 aliphatic rings. The van der Waals surface area contributed by atoms with Crippen molar-refractivity contribution in [3.05, 3.63) is 27.7 Å². The Hall–Kier alpha value is -1.50. The van der Waals surface area contributed by atoms with Crippen LogP contribution in [0.15, 0.2) is 12.1 Å². The molecule has 1 saturated heterocycles. The van der Waals surface area contributed by atoms with Gasteiger partial charge in [0.1, 0.15) is 6.04 Å². The molecule has 1 aromatic rings. The molecule has 114 valence electrons. The number of β-amino-alcohol motifs (C(OH)–C–C–N with tert-alkyl or cyclic N) is 1. The minimum Gasteiger partial charge on any atom is -0.494 e. The number of hydrogen-bond donors (Lipinski definition) is 2. The Morgan fingerprint density at radius 1 is 1.33 bits per heavy atom. The summed E-state index contributed by atoms with van der Waals surface area (Å²) in [4.78, 5) is 24.7. The van der Waals surface area contributed by atoms with E-state index in [4.69, 9.17) is 33.0 Å². The Balaban J connectivity index is 2.34. The van der Waals surface area contributed by atoms with E-state index in [0.717, 1.165) is 4.90 Å². The lowest BCUT2D eigenvalue weighted by molar-refractivity contribution is -0.141. The number of carboxylic acid groups (broad SMARTS) is 1. The van der Waals surface area contributed by atoms with Crippen molar-refractivity contribution < 1.29 is 24.5 Å². The molecular weight excluding hydrogens is 321 g/mol.